The van der Waals surface area contributed by atoms with Gasteiger partial charge in [0.25, 0.3) is 0 Å². The summed E-state index contributed by atoms with van der Waals surface area (Å²) in [5.41, 5.74) is 0. The number of hydroxylamine groups is 2. The molecule has 0 saturated heterocycles. The van der Waals surface area contributed by atoms with Crippen LogP contribution in [-0.4, -0.2) is 48.7 Å². The maximum atomic E-state index is 12.9. The summed E-state index contributed by atoms with van der Waals surface area (Å²) >= 11 is 0. The minimum atomic E-state index is -0.0000128. The highest BCUT2D eigenvalue weighted by Gasteiger charge is 2.12. The average molecular weight is 829 g/mol. The molecule has 0 aromatic carbocycles. The minimum absolute atomic E-state index is 0.0000128. The fourth-order valence-electron chi connectivity index (χ4n) is 8.41. The number of carbonyl (C=O) groups excluding carboxylic acids is 1. The number of hydrogen-bond acceptors (Lipinski definition) is 4. The summed E-state index contributed by atoms with van der Waals surface area (Å²) in [6.45, 7) is 14.8. The van der Waals surface area contributed by atoms with Crippen molar-refractivity contribution in [1.82, 2.24) is 9.96 Å². The van der Waals surface area contributed by atoms with E-state index in [2.05, 4.69) is 56.9 Å². The van der Waals surface area contributed by atoms with Gasteiger partial charge in [-0.05, 0) is 90.3 Å². The molecule has 0 aliphatic rings. The summed E-state index contributed by atoms with van der Waals surface area (Å²) < 4.78 is 0. The van der Waals surface area contributed by atoms with Crippen LogP contribution < -0.4 is 0 Å². The zero-order valence-corrected chi connectivity index (χ0v) is 41.0. The van der Waals surface area contributed by atoms with Crippen LogP contribution in [0.2, 0.25) is 0 Å². The van der Waals surface area contributed by atoms with Crippen molar-refractivity contribution in [3.8, 4) is 0 Å². The summed E-state index contributed by atoms with van der Waals surface area (Å²) in [5.74, 6) is -0.0000128. The van der Waals surface area contributed by atoms with Crippen LogP contribution in [0, 0.1) is 0 Å². The highest BCUT2D eigenvalue weighted by atomic mass is 16.7. The summed E-state index contributed by atoms with van der Waals surface area (Å²) in [5, 5.41) is 2.04. The van der Waals surface area contributed by atoms with Gasteiger partial charge in [0.2, 0.25) is 0 Å². The van der Waals surface area contributed by atoms with Crippen LogP contribution in [0.15, 0.2) is 24.3 Å². The molecular weight excluding hydrogens is 721 g/mol. The van der Waals surface area contributed by atoms with Gasteiger partial charge in [-0.2, -0.15) is 0 Å². The molecule has 4 nitrogen and oxygen atoms in total. The third kappa shape index (κ3) is 47.8. The normalized spacial score (nSPS) is 12.0. The molecule has 0 atom stereocenters. The average Bonchev–Trinajstić information content (AvgIpc) is 3.23. The third-order valence-corrected chi connectivity index (χ3v) is 12.3. The molecule has 0 aromatic heterocycles. The molecule has 0 N–H and O–H groups in total. The van der Waals surface area contributed by atoms with Crippen molar-refractivity contribution in [1.29, 1.82) is 0 Å². The molecule has 0 rings (SSSR count). The number of hydrogen-bond donors (Lipinski definition) is 0. The molecule has 0 fully saturated rings. The van der Waals surface area contributed by atoms with Crippen LogP contribution in [0.25, 0.3) is 0 Å². The number of allylic oxidation sites excluding steroid dienone is 4. The molecule has 0 heterocycles. The highest BCUT2D eigenvalue weighted by molar-refractivity contribution is 5.68. The summed E-state index contributed by atoms with van der Waals surface area (Å²) in [6.07, 6.45) is 62.7. The molecule has 350 valence electrons. The van der Waals surface area contributed by atoms with Gasteiger partial charge < -0.3 is 9.74 Å². The highest BCUT2D eigenvalue weighted by Crippen LogP contribution is 2.16. The fourth-order valence-corrected chi connectivity index (χ4v) is 8.41. The molecular formula is C55H108N2O2. The topological polar surface area (TPSA) is 32.8 Å². The van der Waals surface area contributed by atoms with Gasteiger partial charge in [0.1, 0.15) is 0 Å². The maximum Gasteiger partial charge on any atom is 0.325 e. The van der Waals surface area contributed by atoms with Gasteiger partial charge in [-0.15, -0.1) is 5.06 Å². The van der Waals surface area contributed by atoms with Crippen LogP contribution >= 0.6 is 0 Å². The number of unbranched alkanes of at least 4 members (excludes halogenated alkanes) is 33. The first-order valence-corrected chi connectivity index (χ1v) is 27.2. The molecule has 0 aromatic rings. The Morgan fingerprint density at radius 1 is 0.339 bits per heavy atom. The predicted molar refractivity (Wildman–Crippen MR) is 264 cm³/mol. The van der Waals surface area contributed by atoms with Crippen molar-refractivity contribution in [3.63, 3.8) is 0 Å². The first kappa shape index (κ1) is 57.9. The Morgan fingerprint density at radius 3 is 1.07 bits per heavy atom. The Morgan fingerprint density at radius 2 is 0.661 bits per heavy atom. The van der Waals surface area contributed by atoms with E-state index < -0.39 is 0 Å². The molecule has 0 aliphatic heterocycles. The van der Waals surface area contributed by atoms with Crippen molar-refractivity contribution in [2.45, 2.75) is 291 Å². The molecule has 0 unspecified atom stereocenters. The largest absolute Gasteiger partial charge is 0.368 e. The Balaban J connectivity index is 4.05. The quantitative estimate of drug-likeness (QED) is 0.0347. The van der Waals surface area contributed by atoms with Crippen LogP contribution in [-0.2, 0) is 9.63 Å². The van der Waals surface area contributed by atoms with E-state index in [0.29, 0.717) is 6.42 Å². The number of rotatable bonds is 50. The lowest BCUT2D eigenvalue weighted by molar-refractivity contribution is -0.191. The van der Waals surface area contributed by atoms with Gasteiger partial charge >= 0.3 is 5.97 Å². The molecule has 4 heteroatoms. The van der Waals surface area contributed by atoms with Gasteiger partial charge in [0.05, 0.1) is 0 Å². The number of carbonyl (C=O) groups is 1. The summed E-state index contributed by atoms with van der Waals surface area (Å²) in [4.78, 5) is 21.6. The molecule has 0 aliphatic carbocycles. The van der Waals surface area contributed by atoms with E-state index in [1.54, 1.807) is 0 Å². The molecule has 59 heavy (non-hydrogen) atoms. The van der Waals surface area contributed by atoms with E-state index in [1.807, 2.05) is 5.06 Å². The van der Waals surface area contributed by atoms with E-state index >= 15 is 0 Å². The lowest BCUT2D eigenvalue weighted by Gasteiger charge is -2.21. The summed E-state index contributed by atoms with van der Waals surface area (Å²) in [7, 11) is 0. The molecule has 0 saturated carbocycles. The fraction of sp³-hybridized carbons (Fsp3) is 0.909. The van der Waals surface area contributed by atoms with Crippen molar-refractivity contribution in [2.75, 3.05) is 32.7 Å². The van der Waals surface area contributed by atoms with Crippen LogP contribution in [0.1, 0.15) is 291 Å². The first-order chi connectivity index (χ1) is 29.2. The standard InChI is InChI=1S/C55H108N2O2/c1-5-9-12-15-18-21-24-25-26-27-28-29-30-35-40-45-51-56(50-8-4)52-46-41-36-33-34-39-44-49-55(58)59-57(53-47-42-37-31-22-19-16-13-10-6-2)54-48-43-38-32-23-20-17-14-11-7-3/h18,21,25-26H,5-17,19-20,22-24,27-54H2,1-4H3/b21-18-,26-25-. The Labute approximate surface area is 372 Å². The molecule has 0 radical (unpaired) electrons. The maximum absolute atomic E-state index is 12.9. The second-order valence-corrected chi connectivity index (χ2v) is 18.4. The van der Waals surface area contributed by atoms with Gasteiger partial charge in [0, 0.05) is 19.5 Å². The van der Waals surface area contributed by atoms with Crippen LogP contribution in [0.5, 0.6) is 0 Å². The van der Waals surface area contributed by atoms with E-state index in [1.165, 1.54) is 244 Å². The zero-order chi connectivity index (χ0) is 42.8. The van der Waals surface area contributed by atoms with E-state index in [9.17, 15) is 4.79 Å². The van der Waals surface area contributed by atoms with Gasteiger partial charge in [-0.1, -0.05) is 238 Å². The first-order valence-electron chi connectivity index (χ1n) is 27.2. The SMILES string of the molecule is CCCCC/C=C\C/C=C\CCCCCCCCN(CCC)CCCCCCCCCC(=O)ON(CCCCCCCCCCCC)CCCCCCCCCCCC. The van der Waals surface area contributed by atoms with Crippen molar-refractivity contribution in [2.24, 2.45) is 0 Å². The Hall–Kier alpha value is -1.13. The number of nitrogens with zero attached hydrogens (tertiary/aromatic N) is 2. The minimum Gasteiger partial charge on any atom is -0.368 e. The van der Waals surface area contributed by atoms with Gasteiger partial charge in [0.15, 0.2) is 0 Å². The smallest absolute Gasteiger partial charge is 0.325 e. The van der Waals surface area contributed by atoms with Gasteiger partial charge in [-0.3, -0.25) is 4.79 Å². The Bertz CT molecular complexity index is 832. The summed E-state index contributed by atoms with van der Waals surface area (Å²) in [6, 6.07) is 0. The molecule has 0 bridgehead atoms. The zero-order valence-electron chi connectivity index (χ0n) is 41.0. The van der Waals surface area contributed by atoms with E-state index in [4.69, 9.17) is 4.84 Å². The monoisotopic (exact) mass is 829 g/mol. The molecule has 0 spiro atoms. The third-order valence-electron chi connectivity index (χ3n) is 12.3. The lowest BCUT2D eigenvalue weighted by Crippen LogP contribution is -2.29. The molecule has 0 amide bonds. The second kappa shape index (κ2) is 51.2. The van der Waals surface area contributed by atoms with E-state index in [0.717, 1.165) is 45.2 Å². The Kier molecular flexibility index (Phi) is 50.2. The van der Waals surface area contributed by atoms with Crippen LogP contribution in [0.4, 0.5) is 0 Å². The second-order valence-electron chi connectivity index (χ2n) is 18.4. The van der Waals surface area contributed by atoms with Crippen LogP contribution in [0.3, 0.4) is 0 Å². The van der Waals surface area contributed by atoms with E-state index in [-0.39, 0.29) is 5.97 Å². The van der Waals surface area contributed by atoms with Crippen molar-refractivity contribution < 1.29 is 9.63 Å². The van der Waals surface area contributed by atoms with Crippen molar-refractivity contribution >= 4 is 5.97 Å². The predicted octanol–water partition coefficient (Wildman–Crippen LogP) is 18.2. The van der Waals surface area contributed by atoms with Gasteiger partial charge in [-0.25, -0.2) is 0 Å². The lowest BCUT2D eigenvalue weighted by atomic mass is 10.1. The van der Waals surface area contributed by atoms with Crippen molar-refractivity contribution in [3.05, 3.63) is 24.3 Å².